The monoisotopic (exact) mass is 226 g/mol. The van der Waals surface area contributed by atoms with Crippen LogP contribution in [0.2, 0.25) is 0 Å². The maximum Gasteiger partial charge on any atom is 0.236 e. The van der Waals surface area contributed by atoms with E-state index in [4.69, 9.17) is 4.74 Å². The van der Waals surface area contributed by atoms with E-state index >= 15 is 0 Å². The molecule has 0 unspecified atom stereocenters. The quantitative estimate of drug-likeness (QED) is 0.617. The summed E-state index contributed by atoms with van der Waals surface area (Å²) in [5.74, 6) is 1.06. The van der Waals surface area contributed by atoms with Crippen LogP contribution in [0.15, 0.2) is 0 Å². The molecule has 16 heavy (non-hydrogen) atoms. The van der Waals surface area contributed by atoms with Gasteiger partial charge in [-0.2, -0.15) is 0 Å². The Bertz CT molecular complexity index is 237. The highest BCUT2D eigenvalue weighted by molar-refractivity contribution is 5.79. The standard InChI is InChI=1S/C12H22N2O2/c1-16-7-6-13-8-12(15)14(11-4-5-11)9-10-2-3-10/h10-11,13H,2-9H2,1H3. The zero-order valence-corrected chi connectivity index (χ0v) is 10.1. The lowest BCUT2D eigenvalue weighted by Gasteiger charge is -2.22. The minimum Gasteiger partial charge on any atom is -0.383 e. The van der Waals surface area contributed by atoms with Gasteiger partial charge >= 0.3 is 0 Å². The minimum atomic E-state index is 0.269. The lowest BCUT2D eigenvalue weighted by Crippen LogP contribution is -2.41. The Balaban J connectivity index is 1.67. The van der Waals surface area contributed by atoms with Crippen LogP contribution < -0.4 is 5.32 Å². The Labute approximate surface area is 97.3 Å². The Kier molecular flexibility index (Phi) is 4.18. The first kappa shape index (κ1) is 11.9. The van der Waals surface area contributed by atoms with Gasteiger partial charge in [0.05, 0.1) is 13.2 Å². The summed E-state index contributed by atoms with van der Waals surface area (Å²) in [4.78, 5) is 14.1. The summed E-state index contributed by atoms with van der Waals surface area (Å²) in [6, 6.07) is 0.553. The van der Waals surface area contributed by atoms with Crippen LogP contribution in [0.25, 0.3) is 0 Å². The molecule has 2 saturated carbocycles. The van der Waals surface area contributed by atoms with Gasteiger partial charge in [0, 0.05) is 26.2 Å². The maximum absolute atomic E-state index is 12.0. The lowest BCUT2D eigenvalue weighted by molar-refractivity contribution is -0.131. The van der Waals surface area contributed by atoms with Crippen molar-refractivity contribution >= 4 is 5.91 Å². The van der Waals surface area contributed by atoms with Crippen LogP contribution in [-0.4, -0.2) is 50.2 Å². The topological polar surface area (TPSA) is 41.6 Å². The van der Waals surface area contributed by atoms with Crippen molar-refractivity contribution in [3.8, 4) is 0 Å². The van der Waals surface area contributed by atoms with Crippen LogP contribution in [0, 0.1) is 5.92 Å². The summed E-state index contributed by atoms with van der Waals surface area (Å²) in [5, 5.41) is 3.13. The third-order valence-electron chi connectivity index (χ3n) is 3.22. The van der Waals surface area contributed by atoms with Gasteiger partial charge in [-0.05, 0) is 31.6 Å². The molecule has 1 N–H and O–H groups in total. The molecule has 0 radical (unpaired) electrons. The van der Waals surface area contributed by atoms with Gasteiger partial charge in [-0.25, -0.2) is 0 Å². The molecule has 0 aromatic carbocycles. The molecule has 92 valence electrons. The predicted molar refractivity (Wildman–Crippen MR) is 62.2 cm³/mol. The molecular formula is C12H22N2O2. The average molecular weight is 226 g/mol. The third-order valence-corrected chi connectivity index (χ3v) is 3.22. The molecule has 2 aliphatic rings. The largest absolute Gasteiger partial charge is 0.383 e. The fourth-order valence-electron chi connectivity index (χ4n) is 1.89. The molecule has 0 aromatic heterocycles. The van der Waals surface area contributed by atoms with Crippen LogP contribution in [0.5, 0.6) is 0 Å². The molecular weight excluding hydrogens is 204 g/mol. The molecule has 0 aromatic rings. The van der Waals surface area contributed by atoms with Crippen LogP contribution in [-0.2, 0) is 9.53 Å². The van der Waals surface area contributed by atoms with E-state index in [1.165, 1.54) is 25.7 Å². The van der Waals surface area contributed by atoms with E-state index in [1.54, 1.807) is 7.11 Å². The molecule has 2 rings (SSSR count). The van der Waals surface area contributed by atoms with Crippen LogP contribution >= 0.6 is 0 Å². The van der Waals surface area contributed by atoms with Gasteiger partial charge in [-0.1, -0.05) is 0 Å². The highest BCUT2D eigenvalue weighted by Gasteiger charge is 2.35. The molecule has 0 atom stereocenters. The number of rotatable bonds is 8. The maximum atomic E-state index is 12.0. The van der Waals surface area contributed by atoms with Crippen molar-refractivity contribution < 1.29 is 9.53 Å². The van der Waals surface area contributed by atoms with Crippen molar-refractivity contribution in [2.45, 2.75) is 31.7 Å². The lowest BCUT2D eigenvalue weighted by atomic mass is 10.3. The second kappa shape index (κ2) is 5.64. The third kappa shape index (κ3) is 3.76. The molecule has 2 aliphatic carbocycles. The summed E-state index contributed by atoms with van der Waals surface area (Å²) in [7, 11) is 1.67. The van der Waals surface area contributed by atoms with E-state index in [0.29, 0.717) is 19.2 Å². The Morgan fingerprint density at radius 1 is 1.38 bits per heavy atom. The van der Waals surface area contributed by atoms with Crippen molar-refractivity contribution in [3.63, 3.8) is 0 Å². The van der Waals surface area contributed by atoms with Gasteiger partial charge in [-0.15, -0.1) is 0 Å². The number of hydrogen-bond donors (Lipinski definition) is 1. The van der Waals surface area contributed by atoms with E-state index in [9.17, 15) is 4.79 Å². The van der Waals surface area contributed by atoms with Crippen molar-refractivity contribution in [2.75, 3.05) is 33.4 Å². The van der Waals surface area contributed by atoms with E-state index in [2.05, 4.69) is 10.2 Å². The van der Waals surface area contributed by atoms with E-state index in [1.807, 2.05) is 0 Å². The first-order chi connectivity index (χ1) is 7.81. The molecule has 0 heterocycles. The Hall–Kier alpha value is -0.610. The molecule has 1 amide bonds. The zero-order valence-electron chi connectivity index (χ0n) is 10.1. The number of ether oxygens (including phenoxy) is 1. The molecule has 2 fully saturated rings. The molecule has 0 saturated heterocycles. The highest BCUT2D eigenvalue weighted by Crippen LogP contribution is 2.34. The number of nitrogens with zero attached hydrogens (tertiary/aromatic N) is 1. The van der Waals surface area contributed by atoms with Gasteiger partial charge in [0.2, 0.25) is 5.91 Å². The van der Waals surface area contributed by atoms with Gasteiger partial charge in [-0.3, -0.25) is 4.79 Å². The van der Waals surface area contributed by atoms with Crippen molar-refractivity contribution in [2.24, 2.45) is 5.92 Å². The van der Waals surface area contributed by atoms with Gasteiger partial charge in [0.15, 0.2) is 0 Å². The van der Waals surface area contributed by atoms with E-state index < -0.39 is 0 Å². The summed E-state index contributed by atoms with van der Waals surface area (Å²) >= 11 is 0. The molecule has 4 nitrogen and oxygen atoms in total. The summed E-state index contributed by atoms with van der Waals surface area (Å²) in [6.45, 7) is 2.88. The minimum absolute atomic E-state index is 0.269. The van der Waals surface area contributed by atoms with E-state index in [0.717, 1.165) is 19.0 Å². The Morgan fingerprint density at radius 3 is 2.69 bits per heavy atom. The average Bonchev–Trinajstić information content (AvgIpc) is 3.14. The molecule has 0 aliphatic heterocycles. The van der Waals surface area contributed by atoms with Crippen LogP contribution in [0.4, 0.5) is 0 Å². The fourth-order valence-corrected chi connectivity index (χ4v) is 1.89. The van der Waals surface area contributed by atoms with Gasteiger partial charge in [0.1, 0.15) is 0 Å². The SMILES string of the molecule is COCCNCC(=O)N(CC1CC1)C1CC1. The number of amides is 1. The number of nitrogens with one attached hydrogen (secondary N) is 1. The second-order valence-electron chi connectivity index (χ2n) is 4.89. The highest BCUT2D eigenvalue weighted by atomic mass is 16.5. The smallest absolute Gasteiger partial charge is 0.236 e. The second-order valence-corrected chi connectivity index (χ2v) is 4.89. The Morgan fingerprint density at radius 2 is 2.12 bits per heavy atom. The predicted octanol–water partition coefficient (Wildman–Crippen LogP) is 0.623. The summed E-state index contributed by atoms with van der Waals surface area (Å²) < 4.78 is 4.93. The number of methoxy groups -OCH3 is 1. The zero-order chi connectivity index (χ0) is 11.4. The van der Waals surface area contributed by atoms with Crippen molar-refractivity contribution in [1.82, 2.24) is 10.2 Å². The molecule has 4 heteroatoms. The van der Waals surface area contributed by atoms with Gasteiger partial charge in [0.25, 0.3) is 0 Å². The first-order valence-electron chi connectivity index (χ1n) is 6.30. The van der Waals surface area contributed by atoms with E-state index in [-0.39, 0.29) is 5.91 Å². The molecule has 0 bridgehead atoms. The van der Waals surface area contributed by atoms with Crippen molar-refractivity contribution in [1.29, 1.82) is 0 Å². The summed E-state index contributed by atoms with van der Waals surface area (Å²) in [6.07, 6.45) is 5.04. The number of carbonyl (C=O) groups excluding carboxylic acids is 1. The van der Waals surface area contributed by atoms with Gasteiger partial charge < -0.3 is 15.0 Å². The number of hydrogen-bond acceptors (Lipinski definition) is 3. The summed E-state index contributed by atoms with van der Waals surface area (Å²) in [5.41, 5.74) is 0. The van der Waals surface area contributed by atoms with Crippen LogP contribution in [0.1, 0.15) is 25.7 Å². The normalized spacial score (nSPS) is 19.8. The van der Waals surface area contributed by atoms with Crippen molar-refractivity contribution in [3.05, 3.63) is 0 Å². The first-order valence-corrected chi connectivity index (χ1v) is 6.30. The number of carbonyl (C=O) groups is 1. The molecule has 0 spiro atoms. The van der Waals surface area contributed by atoms with Crippen LogP contribution in [0.3, 0.4) is 0 Å². The fraction of sp³-hybridized carbons (Fsp3) is 0.917.